The molecule has 0 unspecified atom stereocenters. The van der Waals surface area contributed by atoms with Crippen molar-refractivity contribution in [2.75, 3.05) is 0 Å². The Kier molecular flexibility index (Phi) is 3.87. The van der Waals surface area contributed by atoms with Crippen LogP contribution in [0.5, 0.6) is 0 Å². The standard InChI is InChI=1S/C20H19NO2/c1-12(2)15-5-4-6-16-17(20(22)23)11-18(21-19(15)16)14-9-7-13(3)8-10-14/h4-12H,1-3H3,(H,22,23). The molecule has 0 aliphatic rings. The number of aromatic nitrogens is 1. The van der Waals surface area contributed by atoms with Gasteiger partial charge in [0.05, 0.1) is 16.8 Å². The Hall–Kier alpha value is -2.68. The number of carbonyl (C=O) groups is 1. The normalized spacial score (nSPS) is 11.1. The first-order valence-electron chi connectivity index (χ1n) is 7.71. The highest BCUT2D eigenvalue weighted by Gasteiger charge is 2.16. The van der Waals surface area contributed by atoms with E-state index in [0.29, 0.717) is 16.6 Å². The number of fused-ring (bicyclic) bond motifs is 1. The van der Waals surface area contributed by atoms with E-state index in [4.69, 9.17) is 4.98 Å². The topological polar surface area (TPSA) is 50.2 Å². The molecule has 3 heteroatoms. The second kappa shape index (κ2) is 5.84. The lowest BCUT2D eigenvalue weighted by atomic mass is 9.96. The van der Waals surface area contributed by atoms with Crippen LogP contribution in [0.15, 0.2) is 48.5 Å². The summed E-state index contributed by atoms with van der Waals surface area (Å²) >= 11 is 0. The summed E-state index contributed by atoms with van der Waals surface area (Å²) in [7, 11) is 0. The second-order valence-corrected chi connectivity index (χ2v) is 6.12. The molecule has 116 valence electrons. The van der Waals surface area contributed by atoms with Gasteiger partial charge in [-0.25, -0.2) is 9.78 Å². The van der Waals surface area contributed by atoms with E-state index < -0.39 is 5.97 Å². The predicted molar refractivity (Wildman–Crippen MR) is 93.0 cm³/mol. The fraction of sp³-hybridized carbons (Fsp3) is 0.200. The summed E-state index contributed by atoms with van der Waals surface area (Å²) in [6.45, 7) is 6.21. The van der Waals surface area contributed by atoms with Gasteiger partial charge in [-0.3, -0.25) is 0 Å². The van der Waals surface area contributed by atoms with Crippen molar-refractivity contribution in [2.45, 2.75) is 26.7 Å². The molecule has 0 aliphatic heterocycles. The van der Waals surface area contributed by atoms with Gasteiger partial charge in [-0.05, 0) is 24.5 Å². The molecule has 0 fully saturated rings. The molecule has 1 N–H and O–H groups in total. The Morgan fingerprint density at radius 1 is 1.09 bits per heavy atom. The number of rotatable bonds is 3. The maximum atomic E-state index is 11.7. The number of carboxylic acids is 1. The molecule has 3 nitrogen and oxygen atoms in total. The van der Waals surface area contributed by atoms with Crippen LogP contribution in [0.4, 0.5) is 0 Å². The van der Waals surface area contributed by atoms with Crippen LogP contribution in [0.2, 0.25) is 0 Å². The third-order valence-electron chi connectivity index (χ3n) is 4.07. The number of pyridine rings is 1. The van der Waals surface area contributed by atoms with E-state index in [0.717, 1.165) is 22.2 Å². The monoisotopic (exact) mass is 305 g/mol. The van der Waals surface area contributed by atoms with Crippen LogP contribution in [-0.2, 0) is 0 Å². The molecule has 3 rings (SSSR count). The van der Waals surface area contributed by atoms with Crippen LogP contribution in [0.25, 0.3) is 22.2 Å². The van der Waals surface area contributed by atoms with Gasteiger partial charge in [0.1, 0.15) is 0 Å². The van der Waals surface area contributed by atoms with E-state index in [9.17, 15) is 9.90 Å². The lowest BCUT2D eigenvalue weighted by molar-refractivity contribution is 0.0699. The van der Waals surface area contributed by atoms with Crippen LogP contribution < -0.4 is 0 Å². The Bertz CT molecular complexity index is 880. The third-order valence-corrected chi connectivity index (χ3v) is 4.07. The van der Waals surface area contributed by atoms with Gasteiger partial charge < -0.3 is 5.11 Å². The van der Waals surface area contributed by atoms with Gasteiger partial charge in [0.25, 0.3) is 0 Å². The average molecular weight is 305 g/mol. The van der Waals surface area contributed by atoms with Gasteiger partial charge in [-0.2, -0.15) is 0 Å². The molecule has 0 radical (unpaired) electrons. The molecule has 0 saturated heterocycles. The molecule has 0 saturated carbocycles. The zero-order chi connectivity index (χ0) is 16.6. The van der Waals surface area contributed by atoms with Crippen molar-refractivity contribution in [1.29, 1.82) is 0 Å². The summed E-state index contributed by atoms with van der Waals surface area (Å²) in [5, 5.41) is 10.3. The summed E-state index contributed by atoms with van der Waals surface area (Å²) in [5.74, 6) is -0.646. The van der Waals surface area contributed by atoms with Gasteiger partial charge in [0.2, 0.25) is 0 Å². The maximum absolute atomic E-state index is 11.7. The van der Waals surface area contributed by atoms with Gasteiger partial charge in [0.15, 0.2) is 0 Å². The van der Waals surface area contributed by atoms with Crippen molar-refractivity contribution in [3.8, 4) is 11.3 Å². The molecule has 1 heterocycles. The Morgan fingerprint density at radius 3 is 2.39 bits per heavy atom. The Morgan fingerprint density at radius 2 is 1.78 bits per heavy atom. The van der Waals surface area contributed by atoms with Crippen molar-refractivity contribution in [2.24, 2.45) is 0 Å². The van der Waals surface area contributed by atoms with Crippen molar-refractivity contribution in [3.05, 3.63) is 65.2 Å². The molecular formula is C20H19NO2. The average Bonchev–Trinajstić information content (AvgIpc) is 2.53. The molecule has 3 aromatic rings. The first kappa shape index (κ1) is 15.2. The number of benzene rings is 2. The molecule has 0 spiro atoms. The van der Waals surface area contributed by atoms with Gasteiger partial charge in [-0.1, -0.05) is 61.9 Å². The molecular weight excluding hydrogens is 286 g/mol. The van der Waals surface area contributed by atoms with Gasteiger partial charge in [-0.15, -0.1) is 0 Å². The van der Waals surface area contributed by atoms with Crippen LogP contribution >= 0.6 is 0 Å². The molecule has 2 aromatic carbocycles. The number of para-hydroxylation sites is 1. The van der Waals surface area contributed by atoms with Crippen LogP contribution in [0.1, 0.15) is 41.3 Å². The van der Waals surface area contributed by atoms with E-state index >= 15 is 0 Å². The minimum atomic E-state index is -0.924. The second-order valence-electron chi connectivity index (χ2n) is 6.12. The molecule has 0 amide bonds. The Balaban J connectivity index is 2.34. The lowest BCUT2D eigenvalue weighted by Gasteiger charge is -2.13. The highest BCUT2D eigenvalue weighted by molar-refractivity contribution is 6.04. The van der Waals surface area contributed by atoms with Crippen molar-refractivity contribution >= 4 is 16.9 Å². The molecule has 1 aromatic heterocycles. The van der Waals surface area contributed by atoms with Crippen LogP contribution in [-0.4, -0.2) is 16.1 Å². The fourth-order valence-corrected chi connectivity index (χ4v) is 2.79. The van der Waals surface area contributed by atoms with Crippen LogP contribution in [0.3, 0.4) is 0 Å². The maximum Gasteiger partial charge on any atom is 0.336 e. The zero-order valence-electron chi connectivity index (χ0n) is 13.5. The number of hydrogen-bond acceptors (Lipinski definition) is 2. The number of hydrogen-bond donors (Lipinski definition) is 1. The van der Waals surface area contributed by atoms with Crippen molar-refractivity contribution < 1.29 is 9.90 Å². The minimum Gasteiger partial charge on any atom is -0.478 e. The Labute approximate surface area is 135 Å². The number of carboxylic acid groups (broad SMARTS) is 1. The minimum absolute atomic E-state index is 0.279. The number of aromatic carboxylic acids is 1. The SMILES string of the molecule is Cc1ccc(-c2cc(C(=O)O)c3cccc(C(C)C)c3n2)cc1. The molecule has 0 aliphatic carbocycles. The van der Waals surface area contributed by atoms with Crippen LogP contribution in [0, 0.1) is 6.92 Å². The summed E-state index contributed by atoms with van der Waals surface area (Å²) < 4.78 is 0. The van der Waals surface area contributed by atoms with Gasteiger partial charge >= 0.3 is 5.97 Å². The third kappa shape index (κ3) is 2.82. The lowest BCUT2D eigenvalue weighted by Crippen LogP contribution is -2.02. The highest BCUT2D eigenvalue weighted by atomic mass is 16.4. The molecule has 0 atom stereocenters. The van der Waals surface area contributed by atoms with E-state index in [-0.39, 0.29) is 5.92 Å². The van der Waals surface area contributed by atoms with E-state index in [1.807, 2.05) is 49.4 Å². The zero-order valence-corrected chi connectivity index (χ0v) is 13.5. The largest absolute Gasteiger partial charge is 0.478 e. The highest BCUT2D eigenvalue weighted by Crippen LogP contribution is 2.30. The summed E-state index contributed by atoms with van der Waals surface area (Å²) in [6, 6.07) is 15.4. The quantitative estimate of drug-likeness (QED) is 0.738. The van der Waals surface area contributed by atoms with Crippen molar-refractivity contribution in [3.63, 3.8) is 0 Å². The smallest absolute Gasteiger partial charge is 0.336 e. The first-order chi connectivity index (χ1) is 11.0. The van der Waals surface area contributed by atoms with Gasteiger partial charge in [0, 0.05) is 10.9 Å². The molecule has 23 heavy (non-hydrogen) atoms. The van der Waals surface area contributed by atoms with Crippen molar-refractivity contribution in [1.82, 2.24) is 4.98 Å². The summed E-state index contributed by atoms with van der Waals surface area (Å²) in [6.07, 6.45) is 0. The van der Waals surface area contributed by atoms with E-state index in [2.05, 4.69) is 13.8 Å². The van der Waals surface area contributed by atoms with E-state index in [1.54, 1.807) is 6.07 Å². The first-order valence-corrected chi connectivity index (χ1v) is 7.71. The summed E-state index contributed by atoms with van der Waals surface area (Å²) in [5.41, 5.74) is 4.93. The summed E-state index contributed by atoms with van der Waals surface area (Å²) in [4.78, 5) is 16.5. The van der Waals surface area contributed by atoms with E-state index in [1.165, 1.54) is 0 Å². The number of aryl methyl sites for hydroxylation is 1. The fourth-order valence-electron chi connectivity index (χ4n) is 2.79. The predicted octanol–water partition coefficient (Wildman–Crippen LogP) is 5.03. The number of nitrogens with zero attached hydrogens (tertiary/aromatic N) is 1. The molecule has 0 bridgehead atoms.